The van der Waals surface area contributed by atoms with E-state index in [0.717, 1.165) is 5.69 Å². The van der Waals surface area contributed by atoms with Crippen LogP contribution in [0, 0.1) is 16.7 Å². The number of Topliss-reactive ketones (excluding diaryl/α,β-unsaturated/α-hetero) is 1. The van der Waals surface area contributed by atoms with Crippen molar-refractivity contribution < 1.29 is 34.4 Å². The van der Waals surface area contributed by atoms with Gasteiger partial charge in [0.05, 0.1) is 17.8 Å². The molecule has 0 spiro atoms. The monoisotopic (exact) mass is 516 g/mol. The van der Waals surface area contributed by atoms with Crippen LogP contribution in [0.2, 0.25) is 0 Å². The lowest BCUT2D eigenvalue weighted by Gasteiger charge is -2.71. The van der Waals surface area contributed by atoms with E-state index in [-0.39, 0.29) is 13.0 Å². The molecule has 1 aliphatic heterocycles. The zero-order valence-corrected chi connectivity index (χ0v) is 22.4. The van der Waals surface area contributed by atoms with Crippen LogP contribution in [0.3, 0.4) is 0 Å². The Kier molecular flexibility index (Phi) is 6.85. The number of hydrogen-bond acceptors (Lipinski definition) is 8. The molecule has 1 aromatic rings. The van der Waals surface area contributed by atoms with Gasteiger partial charge >= 0.3 is 6.09 Å². The van der Waals surface area contributed by atoms with Gasteiger partial charge in [0.15, 0.2) is 17.5 Å². The molecule has 1 saturated heterocycles. The number of aromatic nitrogens is 1. The normalized spacial score (nSPS) is 42.8. The lowest BCUT2D eigenvalue weighted by atomic mass is 9.40. The van der Waals surface area contributed by atoms with Gasteiger partial charge in [-0.05, 0) is 44.2 Å². The van der Waals surface area contributed by atoms with E-state index in [1.807, 2.05) is 26.0 Å². The Morgan fingerprint density at radius 1 is 1.27 bits per heavy atom. The zero-order chi connectivity index (χ0) is 27.4. The number of pyridine rings is 1. The highest BCUT2D eigenvalue weighted by Crippen LogP contribution is 2.67. The fraction of sp³-hybridized carbons (Fsp3) is 0.679. The van der Waals surface area contributed by atoms with Gasteiger partial charge in [-0.15, -0.1) is 6.58 Å². The number of ketones is 1. The van der Waals surface area contributed by atoms with Crippen molar-refractivity contribution in [1.29, 1.82) is 0 Å². The molecule has 204 valence electrons. The zero-order valence-electron chi connectivity index (χ0n) is 22.4. The fourth-order valence-electron chi connectivity index (χ4n) is 7.48. The number of carbonyl (C=O) groups excluding carboxylic acids is 2. The number of ether oxygens (including phenoxy) is 2. The largest absolute Gasteiger partial charge is 0.440 e. The maximum Gasteiger partial charge on any atom is 0.407 e. The van der Waals surface area contributed by atoms with E-state index < -0.39 is 63.7 Å². The summed E-state index contributed by atoms with van der Waals surface area (Å²) in [5.41, 5.74) is -6.55. The van der Waals surface area contributed by atoms with Crippen LogP contribution in [-0.4, -0.2) is 73.8 Å². The van der Waals surface area contributed by atoms with Crippen molar-refractivity contribution in [2.75, 3.05) is 6.54 Å². The molecule has 8 atom stereocenters. The van der Waals surface area contributed by atoms with Crippen molar-refractivity contribution in [1.82, 2.24) is 10.3 Å². The molecule has 0 bridgehead atoms. The van der Waals surface area contributed by atoms with Crippen molar-refractivity contribution in [2.24, 2.45) is 16.7 Å². The van der Waals surface area contributed by atoms with Crippen LogP contribution in [0.1, 0.15) is 59.6 Å². The minimum atomic E-state index is -2.25. The van der Waals surface area contributed by atoms with E-state index >= 15 is 0 Å². The summed E-state index contributed by atoms with van der Waals surface area (Å²) < 4.78 is 12.2. The van der Waals surface area contributed by atoms with Gasteiger partial charge in [-0.1, -0.05) is 32.9 Å². The summed E-state index contributed by atoms with van der Waals surface area (Å²) in [5.74, 6) is -1.31. The van der Waals surface area contributed by atoms with Crippen LogP contribution in [0.4, 0.5) is 4.79 Å². The molecule has 2 aliphatic carbocycles. The molecule has 3 fully saturated rings. The van der Waals surface area contributed by atoms with E-state index in [0.29, 0.717) is 19.3 Å². The van der Waals surface area contributed by atoms with Gasteiger partial charge in [-0.25, -0.2) is 4.79 Å². The van der Waals surface area contributed by atoms with Gasteiger partial charge in [0.25, 0.3) is 0 Å². The molecule has 2 heterocycles. The predicted octanol–water partition coefficient (Wildman–Crippen LogP) is 2.32. The summed E-state index contributed by atoms with van der Waals surface area (Å²) >= 11 is 0. The average Bonchev–Trinajstić information content (AvgIpc) is 2.83. The van der Waals surface area contributed by atoms with Crippen LogP contribution in [0.25, 0.3) is 0 Å². The third kappa shape index (κ3) is 4.02. The van der Waals surface area contributed by atoms with Gasteiger partial charge in [-0.3, -0.25) is 9.78 Å². The Labute approximate surface area is 218 Å². The maximum atomic E-state index is 13.9. The maximum absolute atomic E-state index is 13.9. The van der Waals surface area contributed by atoms with E-state index in [1.54, 1.807) is 26.1 Å². The molecule has 3 aliphatic rings. The number of fused-ring (bicyclic) bond motifs is 3. The molecule has 9 heteroatoms. The quantitative estimate of drug-likeness (QED) is 0.438. The standard InChI is InChI=1S/C28H40N2O7/c1-7-25(4)16-19(32)28(35)26(5)18(31)11-13-24(2,3)21(26)20(33)22(27(28,6)37-25)36-23(34)30-15-12-17-10-8-9-14-29-17/h7-10,14,18,20-22,31,33,35H,1,11-13,15-16H2,2-6H3,(H,30,34)/t18-,20-,21-,22-,25-,26-,27+,28-/m0/s1. The minimum absolute atomic E-state index is 0.170. The Morgan fingerprint density at radius 3 is 2.59 bits per heavy atom. The number of aliphatic hydroxyl groups excluding tert-OH is 2. The number of carbonyl (C=O) groups is 2. The third-order valence-electron chi connectivity index (χ3n) is 9.34. The molecule has 4 rings (SSSR count). The van der Waals surface area contributed by atoms with Crippen LogP contribution in [0.5, 0.6) is 0 Å². The Bertz CT molecular complexity index is 1060. The summed E-state index contributed by atoms with van der Waals surface area (Å²) in [6.07, 6.45) is -0.301. The second-order valence-electron chi connectivity index (χ2n) is 12.2. The van der Waals surface area contributed by atoms with Crippen LogP contribution >= 0.6 is 0 Å². The molecule has 37 heavy (non-hydrogen) atoms. The van der Waals surface area contributed by atoms with Gasteiger partial charge in [0.1, 0.15) is 5.60 Å². The van der Waals surface area contributed by atoms with Gasteiger partial charge in [-0.2, -0.15) is 0 Å². The lowest BCUT2D eigenvalue weighted by molar-refractivity contribution is -0.369. The number of nitrogens with zero attached hydrogens (tertiary/aromatic N) is 1. The van der Waals surface area contributed by atoms with E-state index in [1.165, 1.54) is 13.0 Å². The van der Waals surface area contributed by atoms with Crippen LogP contribution < -0.4 is 5.32 Å². The summed E-state index contributed by atoms with van der Waals surface area (Å²) in [7, 11) is 0. The second kappa shape index (κ2) is 9.15. The summed E-state index contributed by atoms with van der Waals surface area (Å²) in [4.78, 5) is 31.1. The molecule has 0 aromatic carbocycles. The average molecular weight is 517 g/mol. The fourth-order valence-corrected chi connectivity index (χ4v) is 7.48. The highest BCUT2D eigenvalue weighted by atomic mass is 16.6. The molecule has 0 radical (unpaired) electrons. The smallest absolute Gasteiger partial charge is 0.407 e. The van der Waals surface area contributed by atoms with E-state index in [4.69, 9.17) is 9.47 Å². The first-order chi connectivity index (χ1) is 17.2. The van der Waals surface area contributed by atoms with Crippen molar-refractivity contribution >= 4 is 11.9 Å². The lowest BCUT2D eigenvalue weighted by Crippen LogP contribution is -2.86. The number of nitrogens with one attached hydrogen (secondary N) is 1. The minimum Gasteiger partial charge on any atom is -0.440 e. The molecule has 2 saturated carbocycles. The Morgan fingerprint density at radius 2 is 1.97 bits per heavy atom. The summed E-state index contributed by atoms with van der Waals surface area (Å²) in [6, 6.07) is 5.50. The molecule has 4 N–H and O–H groups in total. The first-order valence-corrected chi connectivity index (χ1v) is 13.0. The van der Waals surface area contributed by atoms with Crippen molar-refractivity contribution in [2.45, 2.75) is 95.4 Å². The highest BCUT2D eigenvalue weighted by Gasteiger charge is 2.81. The van der Waals surface area contributed by atoms with E-state index in [9.17, 15) is 24.9 Å². The van der Waals surface area contributed by atoms with E-state index in [2.05, 4.69) is 16.9 Å². The topological polar surface area (TPSA) is 138 Å². The molecule has 1 amide bonds. The summed E-state index contributed by atoms with van der Waals surface area (Å²) in [6.45, 7) is 12.7. The molecular formula is C28H40N2O7. The van der Waals surface area contributed by atoms with Gasteiger partial charge in [0.2, 0.25) is 0 Å². The second-order valence-corrected chi connectivity index (χ2v) is 12.2. The summed E-state index contributed by atoms with van der Waals surface area (Å²) in [5, 5.41) is 38.2. The molecule has 1 aromatic heterocycles. The van der Waals surface area contributed by atoms with Crippen molar-refractivity contribution in [3.8, 4) is 0 Å². The Hall–Kier alpha value is -2.33. The third-order valence-corrected chi connectivity index (χ3v) is 9.34. The van der Waals surface area contributed by atoms with Gasteiger partial charge < -0.3 is 30.1 Å². The molecule has 9 nitrogen and oxygen atoms in total. The number of amides is 1. The number of alkyl carbamates (subject to hydrolysis) is 1. The van der Waals surface area contributed by atoms with Gasteiger partial charge in [0, 0.05) is 42.6 Å². The van der Waals surface area contributed by atoms with Crippen LogP contribution in [-0.2, 0) is 20.7 Å². The highest BCUT2D eigenvalue weighted by molar-refractivity contribution is 5.92. The van der Waals surface area contributed by atoms with Crippen LogP contribution in [0.15, 0.2) is 37.1 Å². The Balaban J connectivity index is 1.72. The molecule has 0 unspecified atom stereocenters. The number of aliphatic hydroxyl groups is 3. The number of rotatable bonds is 5. The predicted molar refractivity (Wildman–Crippen MR) is 136 cm³/mol. The first kappa shape index (κ1) is 27.7. The van der Waals surface area contributed by atoms with Crippen molar-refractivity contribution in [3.05, 3.63) is 42.7 Å². The molecular weight excluding hydrogens is 476 g/mol. The van der Waals surface area contributed by atoms with Crippen molar-refractivity contribution in [3.63, 3.8) is 0 Å². The first-order valence-electron chi connectivity index (χ1n) is 13.0. The number of hydrogen-bond donors (Lipinski definition) is 4. The SMILES string of the molecule is C=C[C@@]1(C)CC(=O)[C@]2(O)[C@@]3(C)[C@@H](O)CCC(C)(C)[C@@H]3[C@H](O)[C@H](OC(=O)NCCc3ccccn3)[C@@]2(C)O1.